The standard InChI is InChI=1S/C15H16N4/c1-11(16-2)12-6-5-9-17-15(12)19-10-18-13-7-3-4-8-14(13)19/h3-11,16H,1-2H3. The molecule has 96 valence electrons. The van der Waals surface area contributed by atoms with Crippen LogP contribution in [-0.2, 0) is 0 Å². The first-order valence-electron chi connectivity index (χ1n) is 6.36. The molecule has 0 spiro atoms. The number of aromatic nitrogens is 3. The van der Waals surface area contributed by atoms with Gasteiger partial charge in [0.2, 0.25) is 0 Å². The van der Waals surface area contributed by atoms with Crippen molar-refractivity contribution in [1.82, 2.24) is 19.9 Å². The van der Waals surface area contributed by atoms with E-state index in [0.717, 1.165) is 22.4 Å². The zero-order valence-electron chi connectivity index (χ0n) is 11.0. The van der Waals surface area contributed by atoms with E-state index in [1.807, 2.05) is 48.4 Å². The van der Waals surface area contributed by atoms with Gasteiger partial charge in [0, 0.05) is 17.8 Å². The molecule has 0 radical (unpaired) electrons. The van der Waals surface area contributed by atoms with Crippen LogP contribution >= 0.6 is 0 Å². The molecule has 0 aliphatic carbocycles. The second kappa shape index (κ2) is 4.82. The van der Waals surface area contributed by atoms with Crippen LogP contribution in [0.3, 0.4) is 0 Å². The van der Waals surface area contributed by atoms with Crippen molar-refractivity contribution >= 4 is 11.0 Å². The molecule has 0 saturated heterocycles. The van der Waals surface area contributed by atoms with Gasteiger partial charge in [0.1, 0.15) is 12.1 Å². The van der Waals surface area contributed by atoms with Crippen LogP contribution in [0, 0.1) is 0 Å². The van der Waals surface area contributed by atoms with E-state index in [-0.39, 0.29) is 6.04 Å². The normalized spacial score (nSPS) is 12.7. The Bertz CT molecular complexity index is 702. The molecule has 4 nitrogen and oxygen atoms in total. The van der Waals surface area contributed by atoms with Gasteiger partial charge in [-0.2, -0.15) is 0 Å². The van der Waals surface area contributed by atoms with Gasteiger partial charge in [-0.15, -0.1) is 0 Å². The largest absolute Gasteiger partial charge is 0.313 e. The van der Waals surface area contributed by atoms with Crippen LogP contribution < -0.4 is 5.32 Å². The summed E-state index contributed by atoms with van der Waals surface area (Å²) in [6.07, 6.45) is 3.65. The second-order valence-corrected chi connectivity index (χ2v) is 4.53. The molecule has 0 amide bonds. The van der Waals surface area contributed by atoms with Crippen LogP contribution in [0.25, 0.3) is 16.9 Å². The van der Waals surface area contributed by atoms with Crippen LogP contribution in [0.1, 0.15) is 18.5 Å². The van der Waals surface area contributed by atoms with Gasteiger partial charge in [0.05, 0.1) is 11.0 Å². The summed E-state index contributed by atoms with van der Waals surface area (Å²) in [6, 6.07) is 12.4. The van der Waals surface area contributed by atoms with E-state index in [2.05, 4.69) is 34.3 Å². The number of para-hydroxylation sites is 2. The molecule has 2 heterocycles. The number of pyridine rings is 1. The molecule has 0 bridgehead atoms. The smallest absolute Gasteiger partial charge is 0.143 e. The number of rotatable bonds is 3. The highest BCUT2D eigenvalue weighted by molar-refractivity contribution is 5.77. The maximum atomic E-state index is 4.52. The summed E-state index contributed by atoms with van der Waals surface area (Å²) in [5.41, 5.74) is 3.22. The third-order valence-corrected chi connectivity index (χ3v) is 3.40. The molecule has 1 atom stereocenters. The average molecular weight is 252 g/mol. The molecule has 1 N–H and O–H groups in total. The third kappa shape index (κ3) is 2.00. The van der Waals surface area contributed by atoms with Gasteiger partial charge in [-0.3, -0.25) is 4.57 Å². The fourth-order valence-electron chi connectivity index (χ4n) is 2.23. The predicted molar refractivity (Wildman–Crippen MR) is 76.3 cm³/mol. The van der Waals surface area contributed by atoms with Crippen LogP contribution in [0.5, 0.6) is 0 Å². The number of imidazole rings is 1. The summed E-state index contributed by atoms with van der Waals surface area (Å²) in [5.74, 6) is 0.929. The number of nitrogens with one attached hydrogen (secondary N) is 1. The van der Waals surface area contributed by atoms with E-state index in [9.17, 15) is 0 Å². The molecule has 3 aromatic rings. The first-order chi connectivity index (χ1) is 9.31. The highest BCUT2D eigenvalue weighted by Crippen LogP contribution is 2.22. The average Bonchev–Trinajstić information content (AvgIpc) is 2.90. The number of benzene rings is 1. The van der Waals surface area contributed by atoms with Crippen molar-refractivity contribution in [1.29, 1.82) is 0 Å². The van der Waals surface area contributed by atoms with Crippen LogP contribution in [0.15, 0.2) is 48.9 Å². The zero-order valence-corrected chi connectivity index (χ0v) is 11.0. The lowest BCUT2D eigenvalue weighted by Crippen LogP contribution is -2.15. The molecule has 3 rings (SSSR count). The van der Waals surface area contributed by atoms with Crippen molar-refractivity contribution < 1.29 is 0 Å². The summed E-state index contributed by atoms with van der Waals surface area (Å²) < 4.78 is 2.04. The molecule has 4 heteroatoms. The minimum absolute atomic E-state index is 0.241. The maximum absolute atomic E-state index is 4.52. The van der Waals surface area contributed by atoms with Gasteiger partial charge in [-0.1, -0.05) is 18.2 Å². The molecule has 0 aliphatic rings. The molecule has 1 aromatic carbocycles. The lowest BCUT2D eigenvalue weighted by Gasteiger charge is -2.15. The summed E-state index contributed by atoms with van der Waals surface area (Å²) >= 11 is 0. The molecule has 1 unspecified atom stereocenters. The van der Waals surface area contributed by atoms with Crippen molar-refractivity contribution in [3.8, 4) is 5.82 Å². The van der Waals surface area contributed by atoms with Gasteiger partial charge in [0.25, 0.3) is 0 Å². The molecule has 19 heavy (non-hydrogen) atoms. The van der Waals surface area contributed by atoms with Crippen LogP contribution in [0.4, 0.5) is 0 Å². The maximum Gasteiger partial charge on any atom is 0.143 e. The molecular weight excluding hydrogens is 236 g/mol. The molecule has 0 fully saturated rings. The van der Waals surface area contributed by atoms with E-state index in [1.54, 1.807) is 0 Å². The number of hydrogen-bond acceptors (Lipinski definition) is 3. The van der Waals surface area contributed by atoms with Crippen molar-refractivity contribution in [2.24, 2.45) is 0 Å². The minimum Gasteiger partial charge on any atom is -0.313 e. The number of fused-ring (bicyclic) bond motifs is 1. The summed E-state index contributed by atoms with van der Waals surface area (Å²) in [6.45, 7) is 2.12. The Balaban J connectivity index is 2.22. The van der Waals surface area contributed by atoms with E-state index in [4.69, 9.17) is 0 Å². The van der Waals surface area contributed by atoms with E-state index < -0.39 is 0 Å². The molecule has 0 aliphatic heterocycles. The first-order valence-corrected chi connectivity index (χ1v) is 6.36. The highest BCUT2D eigenvalue weighted by Gasteiger charge is 2.13. The summed E-state index contributed by atoms with van der Waals surface area (Å²) in [4.78, 5) is 8.95. The monoisotopic (exact) mass is 252 g/mol. The van der Waals surface area contributed by atoms with Crippen molar-refractivity contribution in [2.45, 2.75) is 13.0 Å². The van der Waals surface area contributed by atoms with E-state index in [1.165, 1.54) is 0 Å². The molecular formula is C15H16N4. The Labute approximate surface area is 112 Å². The van der Waals surface area contributed by atoms with Crippen molar-refractivity contribution in [3.63, 3.8) is 0 Å². The first kappa shape index (κ1) is 11.9. The van der Waals surface area contributed by atoms with Crippen LogP contribution in [0.2, 0.25) is 0 Å². The van der Waals surface area contributed by atoms with Gasteiger partial charge in [-0.05, 0) is 32.2 Å². The fraction of sp³-hybridized carbons (Fsp3) is 0.200. The molecule has 2 aromatic heterocycles. The topological polar surface area (TPSA) is 42.7 Å². The van der Waals surface area contributed by atoms with Gasteiger partial charge in [0.15, 0.2) is 0 Å². The summed E-state index contributed by atoms with van der Waals surface area (Å²) in [7, 11) is 1.95. The Kier molecular flexibility index (Phi) is 3.01. The third-order valence-electron chi connectivity index (χ3n) is 3.40. The van der Waals surface area contributed by atoms with E-state index >= 15 is 0 Å². The minimum atomic E-state index is 0.241. The quantitative estimate of drug-likeness (QED) is 0.779. The Hall–Kier alpha value is -2.20. The highest BCUT2D eigenvalue weighted by atomic mass is 15.1. The SMILES string of the molecule is CNC(C)c1cccnc1-n1cnc2ccccc21. The lowest BCUT2D eigenvalue weighted by molar-refractivity contribution is 0.645. The van der Waals surface area contributed by atoms with Gasteiger partial charge in [-0.25, -0.2) is 9.97 Å². The Morgan fingerprint density at radius 2 is 1.95 bits per heavy atom. The Morgan fingerprint density at radius 1 is 1.11 bits per heavy atom. The number of nitrogens with zero attached hydrogens (tertiary/aromatic N) is 3. The second-order valence-electron chi connectivity index (χ2n) is 4.53. The van der Waals surface area contributed by atoms with Crippen molar-refractivity contribution in [2.75, 3.05) is 7.05 Å². The molecule has 0 saturated carbocycles. The van der Waals surface area contributed by atoms with Gasteiger partial charge >= 0.3 is 0 Å². The predicted octanol–water partition coefficient (Wildman–Crippen LogP) is 2.70. The van der Waals surface area contributed by atoms with Crippen molar-refractivity contribution in [3.05, 3.63) is 54.5 Å². The van der Waals surface area contributed by atoms with Crippen LogP contribution in [-0.4, -0.2) is 21.6 Å². The lowest BCUT2D eigenvalue weighted by atomic mass is 10.1. The fourth-order valence-corrected chi connectivity index (χ4v) is 2.23. The van der Waals surface area contributed by atoms with Gasteiger partial charge < -0.3 is 5.32 Å². The zero-order chi connectivity index (χ0) is 13.2. The summed E-state index contributed by atoms with van der Waals surface area (Å²) in [5, 5.41) is 3.26. The Morgan fingerprint density at radius 3 is 2.79 bits per heavy atom. The number of hydrogen-bond donors (Lipinski definition) is 1. The van der Waals surface area contributed by atoms with E-state index in [0.29, 0.717) is 0 Å².